The van der Waals surface area contributed by atoms with Crippen molar-refractivity contribution in [2.45, 2.75) is 18.9 Å². The third-order valence-corrected chi connectivity index (χ3v) is 2.37. The zero-order valence-corrected chi connectivity index (χ0v) is 9.98. The van der Waals surface area contributed by atoms with E-state index in [2.05, 4.69) is 0 Å². The third kappa shape index (κ3) is 2.69. The van der Waals surface area contributed by atoms with E-state index < -0.39 is 10.5 Å². The van der Waals surface area contributed by atoms with Crippen LogP contribution in [-0.2, 0) is 26.6 Å². The molecular formula is C9H12FeN2O4. The van der Waals surface area contributed by atoms with Crippen LogP contribution in [-0.4, -0.2) is 23.4 Å². The number of ether oxygens (including phenoxy) is 1. The van der Waals surface area contributed by atoms with Gasteiger partial charge in [0.15, 0.2) is 11.5 Å². The first-order chi connectivity index (χ1) is 6.90. The third-order valence-electron chi connectivity index (χ3n) is 2.37. The number of carbonyl (C=O) groups is 1. The van der Waals surface area contributed by atoms with Crippen LogP contribution in [0.1, 0.15) is 13.3 Å². The van der Waals surface area contributed by atoms with Crippen molar-refractivity contribution in [3.8, 4) is 0 Å². The number of methoxy groups -OCH3 is 1. The number of hydrogen-bond donors (Lipinski definition) is 1. The molecule has 0 radical (unpaired) electrons. The summed E-state index contributed by atoms with van der Waals surface area (Å²) in [6, 6.07) is 0. The van der Waals surface area contributed by atoms with Gasteiger partial charge >= 0.3 is 0 Å². The number of nitrogens with zero attached hydrogens (tertiary/aromatic N) is 1. The van der Waals surface area contributed by atoms with Gasteiger partial charge in [-0.25, -0.2) is 0 Å². The zero-order valence-electron chi connectivity index (χ0n) is 8.87. The molecular weight excluding hydrogens is 256 g/mol. The molecule has 2 N–H and O–H groups in total. The van der Waals surface area contributed by atoms with E-state index in [-0.39, 0.29) is 40.7 Å². The van der Waals surface area contributed by atoms with Gasteiger partial charge in [0.25, 0.3) is 5.70 Å². The van der Waals surface area contributed by atoms with E-state index in [1.807, 2.05) is 0 Å². The fraction of sp³-hybridized carbons (Fsp3) is 0.444. The van der Waals surface area contributed by atoms with Gasteiger partial charge in [-0.3, -0.25) is 14.9 Å². The van der Waals surface area contributed by atoms with Crippen molar-refractivity contribution in [1.82, 2.24) is 0 Å². The molecule has 0 aromatic heterocycles. The smallest absolute Gasteiger partial charge is 0.290 e. The Morgan fingerprint density at radius 1 is 1.69 bits per heavy atom. The SMILES string of the molecule is COC1=C([N+](=O)[O-])CC(N)(C(C)=O)C=C1.[Fe]. The van der Waals surface area contributed by atoms with Crippen molar-refractivity contribution >= 4 is 5.78 Å². The summed E-state index contributed by atoms with van der Waals surface area (Å²) in [5.74, 6) is -0.171. The number of rotatable bonds is 3. The van der Waals surface area contributed by atoms with Crippen LogP contribution in [0.5, 0.6) is 0 Å². The van der Waals surface area contributed by atoms with Gasteiger partial charge < -0.3 is 10.5 Å². The van der Waals surface area contributed by atoms with Gasteiger partial charge in [-0.1, -0.05) is 6.08 Å². The number of ketones is 1. The molecule has 1 aliphatic rings. The first-order valence-corrected chi connectivity index (χ1v) is 4.31. The number of hydrogen-bond acceptors (Lipinski definition) is 5. The van der Waals surface area contributed by atoms with Gasteiger partial charge in [0, 0.05) is 17.1 Å². The van der Waals surface area contributed by atoms with E-state index >= 15 is 0 Å². The Morgan fingerprint density at radius 2 is 2.25 bits per heavy atom. The number of nitrogens with two attached hydrogens (primary N) is 1. The van der Waals surface area contributed by atoms with Crippen LogP contribution >= 0.6 is 0 Å². The number of allylic oxidation sites excluding steroid dienone is 1. The van der Waals surface area contributed by atoms with Crippen LogP contribution in [0.4, 0.5) is 0 Å². The van der Waals surface area contributed by atoms with Crippen LogP contribution in [0.2, 0.25) is 0 Å². The summed E-state index contributed by atoms with van der Waals surface area (Å²) < 4.78 is 4.82. The molecule has 0 saturated carbocycles. The molecule has 0 spiro atoms. The Morgan fingerprint density at radius 3 is 2.62 bits per heavy atom. The fourth-order valence-electron chi connectivity index (χ4n) is 1.33. The molecule has 16 heavy (non-hydrogen) atoms. The number of nitro groups is 1. The van der Waals surface area contributed by atoms with Gasteiger partial charge in [-0.05, 0) is 13.0 Å². The van der Waals surface area contributed by atoms with Crippen molar-refractivity contribution in [1.29, 1.82) is 0 Å². The standard InChI is InChI=1S/C9H12N2O4.Fe/c1-6(12)9(10)4-3-8(15-2)7(5-9)11(13)14;/h3-4H,5,10H2,1-2H3;. The summed E-state index contributed by atoms with van der Waals surface area (Å²) in [6.45, 7) is 1.31. The molecule has 0 aromatic rings. The molecule has 0 heterocycles. The van der Waals surface area contributed by atoms with Crippen molar-refractivity contribution < 1.29 is 31.5 Å². The van der Waals surface area contributed by atoms with Crippen molar-refractivity contribution in [2.75, 3.05) is 7.11 Å². The van der Waals surface area contributed by atoms with Crippen LogP contribution in [0.3, 0.4) is 0 Å². The van der Waals surface area contributed by atoms with Gasteiger partial charge in [-0.2, -0.15) is 0 Å². The van der Waals surface area contributed by atoms with E-state index in [1.165, 1.54) is 26.2 Å². The number of carbonyl (C=O) groups excluding carboxylic acids is 1. The number of Topliss-reactive ketones (excluding diaryl/α,β-unsaturated/α-hetero) is 1. The summed E-state index contributed by atoms with van der Waals surface area (Å²) in [5, 5.41) is 10.7. The average molecular weight is 268 g/mol. The second kappa shape index (κ2) is 5.25. The van der Waals surface area contributed by atoms with Crippen LogP contribution in [0, 0.1) is 10.1 Å². The Balaban J connectivity index is 0.00000225. The molecule has 0 saturated heterocycles. The van der Waals surface area contributed by atoms with E-state index in [9.17, 15) is 14.9 Å². The maximum atomic E-state index is 11.2. The maximum Gasteiger partial charge on any atom is 0.290 e. The van der Waals surface area contributed by atoms with Gasteiger partial charge in [0.1, 0.15) is 5.54 Å². The Kier molecular flexibility index (Phi) is 4.86. The molecule has 90 valence electrons. The van der Waals surface area contributed by atoms with Crippen molar-refractivity contribution in [3.05, 3.63) is 33.7 Å². The Bertz CT molecular complexity index is 378. The van der Waals surface area contributed by atoms with Crippen LogP contribution < -0.4 is 5.73 Å². The predicted octanol–water partition coefficient (Wildman–Crippen LogP) is 0.365. The predicted molar refractivity (Wildman–Crippen MR) is 52.4 cm³/mol. The van der Waals surface area contributed by atoms with Crippen molar-refractivity contribution in [2.24, 2.45) is 5.73 Å². The normalized spacial score (nSPS) is 23.7. The minimum Gasteiger partial charge on any atom is -0.490 e. The molecule has 0 amide bonds. The fourth-order valence-corrected chi connectivity index (χ4v) is 1.33. The molecule has 0 aliphatic heterocycles. The van der Waals surface area contributed by atoms with Gasteiger partial charge in [0.05, 0.1) is 18.5 Å². The minimum absolute atomic E-state index is 0. The summed E-state index contributed by atoms with van der Waals surface area (Å²) >= 11 is 0. The van der Waals surface area contributed by atoms with E-state index in [0.29, 0.717) is 0 Å². The molecule has 1 rings (SSSR count). The monoisotopic (exact) mass is 268 g/mol. The summed E-state index contributed by atoms with van der Waals surface area (Å²) in [6.07, 6.45) is 2.65. The molecule has 1 aliphatic carbocycles. The van der Waals surface area contributed by atoms with E-state index in [1.54, 1.807) is 0 Å². The van der Waals surface area contributed by atoms with Crippen LogP contribution in [0.15, 0.2) is 23.6 Å². The average Bonchev–Trinajstić information content (AvgIpc) is 2.17. The molecule has 1 unspecified atom stereocenters. The molecule has 0 fully saturated rings. The Hall–Kier alpha value is -1.17. The van der Waals surface area contributed by atoms with Gasteiger partial charge in [0.2, 0.25) is 0 Å². The Labute approximate surface area is 103 Å². The van der Waals surface area contributed by atoms with Gasteiger partial charge in [-0.15, -0.1) is 0 Å². The zero-order chi connectivity index (χ0) is 11.6. The molecule has 6 nitrogen and oxygen atoms in total. The van der Waals surface area contributed by atoms with E-state index in [4.69, 9.17) is 10.5 Å². The minimum atomic E-state index is -1.29. The quantitative estimate of drug-likeness (QED) is 0.453. The molecule has 7 heteroatoms. The second-order valence-corrected chi connectivity index (χ2v) is 3.38. The first kappa shape index (κ1) is 14.8. The maximum absolute atomic E-state index is 11.2. The topological polar surface area (TPSA) is 95.5 Å². The molecule has 0 bridgehead atoms. The van der Waals surface area contributed by atoms with Crippen molar-refractivity contribution in [3.63, 3.8) is 0 Å². The summed E-state index contributed by atoms with van der Waals surface area (Å²) in [4.78, 5) is 21.3. The summed E-state index contributed by atoms with van der Waals surface area (Å²) in [7, 11) is 1.33. The summed E-state index contributed by atoms with van der Waals surface area (Å²) in [5.41, 5.74) is 4.26. The molecule has 0 aromatic carbocycles. The van der Waals surface area contributed by atoms with E-state index in [0.717, 1.165) is 0 Å². The van der Waals surface area contributed by atoms with Crippen LogP contribution in [0.25, 0.3) is 0 Å². The molecule has 1 atom stereocenters. The first-order valence-electron chi connectivity index (χ1n) is 4.31. The largest absolute Gasteiger partial charge is 0.490 e. The second-order valence-electron chi connectivity index (χ2n) is 3.38.